The minimum atomic E-state index is -4.08. The van der Waals surface area contributed by atoms with Gasteiger partial charge in [-0.1, -0.05) is 13.8 Å². The molecule has 0 heterocycles. The summed E-state index contributed by atoms with van der Waals surface area (Å²) in [4.78, 5) is 11.9. The van der Waals surface area contributed by atoms with Crippen LogP contribution in [0.5, 0.6) is 0 Å². The van der Waals surface area contributed by atoms with E-state index in [2.05, 4.69) is 0 Å². The van der Waals surface area contributed by atoms with E-state index in [1.54, 1.807) is 0 Å². The molecule has 2 bridgehead atoms. The summed E-state index contributed by atoms with van der Waals surface area (Å²) >= 11 is 0. The number of hydrogen-bond acceptors (Lipinski definition) is 3. The van der Waals surface area contributed by atoms with Gasteiger partial charge in [0.2, 0.25) is 0 Å². The van der Waals surface area contributed by atoms with Gasteiger partial charge in [0.1, 0.15) is 5.78 Å². The zero-order valence-corrected chi connectivity index (χ0v) is 11.3. The number of fused-ring (bicyclic) bond motifs is 2. The van der Waals surface area contributed by atoms with Gasteiger partial charge in [-0.05, 0) is 24.2 Å². The van der Waals surface area contributed by atoms with E-state index in [1.165, 1.54) is 0 Å². The van der Waals surface area contributed by atoms with E-state index in [-0.39, 0.29) is 33.5 Å². The second kappa shape index (κ2) is 5.22. The predicted octanol–water partition coefficient (Wildman–Crippen LogP) is -1.20. The van der Waals surface area contributed by atoms with Crippen molar-refractivity contribution in [1.29, 1.82) is 0 Å². The molecule has 0 spiro atoms. The summed E-state index contributed by atoms with van der Waals surface area (Å²) in [5.41, 5.74) is -1.12. The number of hydrogen-bond donors (Lipinski definition) is 1. The highest BCUT2D eigenvalue weighted by Crippen LogP contribution is 2.64. The van der Waals surface area contributed by atoms with Crippen molar-refractivity contribution in [3.05, 3.63) is 0 Å². The quantitative estimate of drug-likeness (QED) is 0.629. The first-order chi connectivity index (χ1) is 6.69. The second-order valence-corrected chi connectivity index (χ2v) is 6.85. The van der Waals surface area contributed by atoms with Crippen molar-refractivity contribution in [2.24, 2.45) is 16.7 Å². The molecule has 7 nitrogen and oxygen atoms in total. The lowest BCUT2D eigenvalue weighted by Crippen LogP contribution is -2.42. The highest BCUT2D eigenvalue weighted by Gasteiger charge is 2.65. The molecule has 0 aromatic carbocycles. The number of carbonyl (C=O) groups excluding carboxylic acids is 1. The minimum absolute atomic E-state index is 0. The van der Waals surface area contributed by atoms with Crippen LogP contribution in [-0.4, -0.2) is 40.9 Å². The van der Waals surface area contributed by atoms with E-state index in [0.717, 1.165) is 6.42 Å². The summed E-state index contributed by atoms with van der Waals surface area (Å²) in [7, 11) is -4.08. The lowest BCUT2D eigenvalue weighted by molar-refractivity contribution is -0.128. The van der Waals surface area contributed by atoms with Gasteiger partial charge in [0, 0.05) is 6.42 Å². The zero-order valence-electron chi connectivity index (χ0n) is 10.5. The number of rotatable bonds is 2. The molecule has 2 atom stereocenters. The fourth-order valence-corrected chi connectivity index (χ4v) is 4.72. The van der Waals surface area contributed by atoms with Crippen molar-refractivity contribution in [2.45, 2.75) is 33.1 Å². The van der Waals surface area contributed by atoms with E-state index in [0.29, 0.717) is 12.8 Å². The molecule has 7 N–H and O–H groups in total. The third kappa shape index (κ3) is 2.43. The monoisotopic (exact) mass is 286 g/mol. The largest absolute Gasteiger partial charge is 0.412 e. The van der Waals surface area contributed by atoms with Crippen LogP contribution in [0.25, 0.3) is 0 Å². The second-order valence-electron chi connectivity index (χ2n) is 5.39. The summed E-state index contributed by atoms with van der Waals surface area (Å²) in [6.07, 6.45) is 1.97. The average molecular weight is 286 g/mol. The zero-order chi connectivity index (χ0) is 11.5. The number of carbonyl (C=O) groups is 1. The first kappa shape index (κ1) is 19.8. The van der Waals surface area contributed by atoms with E-state index in [1.807, 2.05) is 13.8 Å². The van der Waals surface area contributed by atoms with Gasteiger partial charge in [0.25, 0.3) is 10.1 Å². The maximum atomic E-state index is 11.9. The van der Waals surface area contributed by atoms with E-state index in [4.69, 9.17) is 4.55 Å². The fraction of sp³-hybridized carbons (Fsp3) is 0.900. The van der Waals surface area contributed by atoms with Crippen molar-refractivity contribution in [3.63, 3.8) is 0 Å². The van der Waals surface area contributed by atoms with Gasteiger partial charge in [-0.15, -0.1) is 0 Å². The predicted molar refractivity (Wildman–Crippen MR) is 65.8 cm³/mol. The maximum Gasteiger partial charge on any atom is 0.265 e. The molecule has 0 radical (unpaired) electrons. The van der Waals surface area contributed by atoms with E-state index in [9.17, 15) is 13.2 Å². The molecule has 0 amide bonds. The highest BCUT2D eigenvalue weighted by molar-refractivity contribution is 7.85. The third-order valence-corrected chi connectivity index (χ3v) is 5.43. The summed E-state index contributed by atoms with van der Waals surface area (Å²) in [6.45, 7) is 3.89. The molecule has 2 saturated carbocycles. The molecule has 0 saturated heterocycles. The van der Waals surface area contributed by atoms with Crippen molar-refractivity contribution in [3.8, 4) is 0 Å². The van der Waals surface area contributed by atoms with Crippen LogP contribution >= 0.6 is 0 Å². The van der Waals surface area contributed by atoms with Gasteiger partial charge < -0.3 is 16.4 Å². The van der Waals surface area contributed by atoms with Crippen molar-refractivity contribution in [2.75, 3.05) is 5.75 Å². The summed E-state index contributed by atoms with van der Waals surface area (Å²) in [6, 6.07) is 0. The molecule has 2 aliphatic carbocycles. The van der Waals surface area contributed by atoms with Crippen LogP contribution in [0.4, 0.5) is 0 Å². The average Bonchev–Trinajstić information content (AvgIpc) is 2.34. The smallest absolute Gasteiger partial charge is 0.265 e. The molecule has 18 heavy (non-hydrogen) atoms. The van der Waals surface area contributed by atoms with Crippen LogP contribution in [0.2, 0.25) is 0 Å². The van der Waals surface area contributed by atoms with Crippen molar-refractivity contribution in [1.82, 2.24) is 0 Å². The Morgan fingerprint density at radius 1 is 1.28 bits per heavy atom. The number of Topliss-reactive ketones (excluding diaryl/α,β-unsaturated/α-hetero) is 1. The Kier molecular flexibility index (Phi) is 5.74. The van der Waals surface area contributed by atoms with Gasteiger partial charge in [-0.25, -0.2) is 0 Å². The Morgan fingerprint density at radius 3 is 2.06 bits per heavy atom. The molecular weight excluding hydrogens is 264 g/mol. The van der Waals surface area contributed by atoms with Crippen LogP contribution in [0, 0.1) is 16.7 Å². The molecule has 2 rings (SSSR count). The molecule has 110 valence electrons. The first-order valence-corrected chi connectivity index (χ1v) is 6.78. The molecule has 0 aromatic rings. The lowest BCUT2D eigenvalue weighted by atomic mass is 9.70. The molecular formula is C10H22O7S. The molecule has 2 unspecified atom stereocenters. The van der Waals surface area contributed by atoms with Gasteiger partial charge >= 0.3 is 0 Å². The Bertz CT molecular complexity index is 414. The Hall–Kier alpha value is -0.540. The molecule has 2 fully saturated rings. The third-order valence-electron chi connectivity index (χ3n) is 4.57. The fourth-order valence-electron chi connectivity index (χ4n) is 3.42. The van der Waals surface area contributed by atoms with Crippen LogP contribution in [0.1, 0.15) is 33.1 Å². The minimum Gasteiger partial charge on any atom is -0.412 e. The van der Waals surface area contributed by atoms with E-state index >= 15 is 0 Å². The van der Waals surface area contributed by atoms with Crippen LogP contribution in [0.15, 0.2) is 0 Å². The Labute approximate surface area is 106 Å². The first-order valence-electron chi connectivity index (χ1n) is 5.17. The van der Waals surface area contributed by atoms with Crippen LogP contribution in [-0.2, 0) is 14.9 Å². The lowest BCUT2D eigenvalue weighted by Gasteiger charge is -2.35. The summed E-state index contributed by atoms with van der Waals surface area (Å²) < 4.78 is 31.0. The topological polar surface area (TPSA) is 166 Å². The molecule has 0 aromatic heterocycles. The van der Waals surface area contributed by atoms with E-state index < -0.39 is 21.3 Å². The van der Waals surface area contributed by atoms with Crippen molar-refractivity contribution >= 4 is 15.9 Å². The Morgan fingerprint density at radius 2 is 1.78 bits per heavy atom. The molecule has 2 aliphatic rings. The van der Waals surface area contributed by atoms with Gasteiger partial charge in [0.05, 0.1) is 11.2 Å². The molecule has 0 aliphatic heterocycles. The van der Waals surface area contributed by atoms with Crippen LogP contribution < -0.4 is 0 Å². The van der Waals surface area contributed by atoms with Gasteiger partial charge in [-0.3, -0.25) is 9.35 Å². The van der Waals surface area contributed by atoms with Gasteiger partial charge in [0.15, 0.2) is 0 Å². The summed E-state index contributed by atoms with van der Waals surface area (Å²) in [5.74, 6) is -0.101. The highest BCUT2D eigenvalue weighted by atomic mass is 32.2. The Balaban J connectivity index is 0. The maximum absolute atomic E-state index is 11.9. The normalized spacial score (nSPS) is 32.2. The number of ketones is 1. The van der Waals surface area contributed by atoms with Crippen LogP contribution in [0.3, 0.4) is 0 Å². The van der Waals surface area contributed by atoms with Crippen molar-refractivity contribution < 1.29 is 34.2 Å². The molecule has 8 heteroatoms. The summed E-state index contributed by atoms with van der Waals surface area (Å²) in [5, 5.41) is 0. The van der Waals surface area contributed by atoms with Gasteiger partial charge in [-0.2, -0.15) is 8.42 Å². The standard InChI is InChI=1S/C10H16O4S.3H2O/c1-9(2)7-3-4-10(9,8(11)5-7)6-15(12,13)14;;;/h7H,3-6H2,1-2H3,(H,12,13,14);3*1H2. The SMILES string of the molecule is CC1(C)C2CCC1(CS(=O)(=O)O)C(=O)C2.O.O.O.